The van der Waals surface area contributed by atoms with Crippen LogP contribution in [0.1, 0.15) is 6.92 Å². The smallest absolute Gasteiger partial charge is 0.203 e. The third kappa shape index (κ3) is 2.38. The third-order valence-corrected chi connectivity index (χ3v) is 6.37. The Morgan fingerprint density at radius 3 is 2.08 bits per heavy atom. The maximum absolute atomic E-state index is 12.8. The molecule has 0 bridgehead atoms. The van der Waals surface area contributed by atoms with Gasteiger partial charge in [0.1, 0.15) is 5.75 Å². The topological polar surface area (TPSA) is 26.3 Å². The fraction of sp³-hybridized carbons (Fsp3) is 0.0952. The molecule has 0 N–H and O–H groups in total. The summed E-state index contributed by atoms with van der Waals surface area (Å²) in [5, 5.41) is 1.61. The van der Waals surface area contributed by atoms with Gasteiger partial charge >= 0.3 is 0 Å². The van der Waals surface area contributed by atoms with Crippen molar-refractivity contribution in [2.45, 2.75) is 6.92 Å². The van der Waals surface area contributed by atoms with Crippen LogP contribution in [0.5, 0.6) is 5.75 Å². The van der Waals surface area contributed by atoms with Crippen molar-refractivity contribution in [2.24, 2.45) is 0 Å². The van der Waals surface area contributed by atoms with Crippen molar-refractivity contribution in [1.82, 2.24) is 0 Å². The van der Waals surface area contributed by atoms with Gasteiger partial charge in [0, 0.05) is 16.5 Å². The van der Waals surface area contributed by atoms with E-state index in [-0.39, 0.29) is 15.9 Å². The molecule has 3 aromatic carbocycles. The Morgan fingerprint density at radius 2 is 1.46 bits per heavy atom. The summed E-state index contributed by atoms with van der Waals surface area (Å²) in [5.41, 5.74) is 0.117. The lowest BCUT2D eigenvalue weighted by Gasteiger charge is -2.05. The van der Waals surface area contributed by atoms with Crippen molar-refractivity contribution in [1.29, 1.82) is 0 Å². The lowest BCUT2D eigenvalue weighted by atomic mass is 10.2. The molecule has 0 aliphatic heterocycles. The van der Waals surface area contributed by atoms with Crippen molar-refractivity contribution in [3.8, 4) is 10.6 Å². The Morgan fingerprint density at radius 1 is 0.833 bits per heavy atom. The molecule has 0 atom stereocenters. The van der Waals surface area contributed by atoms with E-state index in [9.17, 15) is 4.79 Å². The second-order valence-corrected chi connectivity index (χ2v) is 7.50. The van der Waals surface area contributed by atoms with E-state index in [0.29, 0.717) is 6.61 Å². The second-order valence-electron chi connectivity index (χ2n) is 5.54. The summed E-state index contributed by atoms with van der Waals surface area (Å²) in [6.45, 7) is 2.63. The van der Waals surface area contributed by atoms with Crippen LogP contribution in [-0.2, 0) is 0 Å². The van der Waals surface area contributed by atoms with Gasteiger partial charge in [0.05, 0.1) is 17.4 Å². The zero-order valence-electron chi connectivity index (χ0n) is 13.4. The van der Waals surface area contributed by atoms with Crippen molar-refractivity contribution >= 4 is 30.6 Å². The van der Waals surface area contributed by atoms with Gasteiger partial charge in [-0.3, -0.25) is 4.79 Å². The molecule has 3 heteroatoms. The first-order valence-corrected chi connectivity index (χ1v) is 9.22. The molecule has 1 heterocycles. The van der Waals surface area contributed by atoms with E-state index in [0.717, 1.165) is 25.9 Å². The molecule has 0 aliphatic rings. The molecular weight excluding hydrogens is 316 g/mol. The van der Waals surface area contributed by atoms with Crippen molar-refractivity contribution in [3.63, 3.8) is 0 Å². The fourth-order valence-corrected chi connectivity index (χ4v) is 5.42. The van der Waals surface area contributed by atoms with Gasteiger partial charge in [0.25, 0.3) is 0 Å². The summed E-state index contributed by atoms with van der Waals surface area (Å²) < 4.78 is 7.86. The van der Waals surface area contributed by atoms with Crippen LogP contribution >= 0.6 is 10.5 Å². The van der Waals surface area contributed by atoms with Gasteiger partial charge in [0.15, 0.2) is 14.3 Å². The van der Waals surface area contributed by atoms with Gasteiger partial charge in [0.2, 0.25) is 5.43 Å². The van der Waals surface area contributed by atoms with Gasteiger partial charge in [-0.15, -0.1) is 0 Å². The van der Waals surface area contributed by atoms with Gasteiger partial charge in [-0.25, -0.2) is 0 Å². The molecule has 2 nitrogen and oxygen atoms in total. The van der Waals surface area contributed by atoms with E-state index in [1.54, 1.807) is 0 Å². The maximum atomic E-state index is 12.8. The van der Waals surface area contributed by atoms with E-state index < -0.39 is 0 Å². The highest BCUT2D eigenvalue weighted by atomic mass is 32.2. The van der Waals surface area contributed by atoms with Crippen LogP contribution in [0.4, 0.5) is 0 Å². The predicted octanol–water partition coefficient (Wildman–Crippen LogP) is 5.49. The van der Waals surface area contributed by atoms with Crippen molar-refractivity contribution in [2.75, 3.05) is 6.61 Å². The summed E-state index contributed by atoms with van der Waals surface area (Å²) in [7, 11) is -0.293. The van der Waals surface area contributed by atoms with E-state index in [1.807, 2.05) is 55.5 Å². The number of benzene rings is 3. The highest BCUT2D eigenvalue weighted by Crippen LogP contribution is 2.43. The summed E-state index contributed by atoms with van der Waals surface area (Å²) >= 11 is 0. The third-order valence-electron chi connectivity index (χ3n) is 4.06. The molecule has 24 heavy (non-hydrogen) atoms. The van der Waals surface area contributed by atoms with Crippen LogP contribution in [0.2, 0.25) is 0 Å². The Kier molecular flexibility index (Phi) is 3.79. The van der Waals surface area contributed by atoms with Crippen LogP contribution in [0.3, 0.4) is 0 Å². The number of hydrogen-bond donors (Lipinski definition) is 0. The molecule has 4 rings (SSSR count). The highest BCUT2D eigenvalue weighted by molar-refractivity contribution is 7.49. The molecule has 0 spiro atoms. The highest BCUT2D eigenvalue weighted by Gasteiger charge is 2.22. The molecule has 4 aromatic rings. The summed E-state index contributed by atoms with van der Waals surface area (Å²) in [6, 6.07) is 24.1. The quantitative estimate of drug-likeness (QED) is 0.366. The molecule has 0 unspecified atom stereocenters. The minimum atomic E-state index is -0.293. The molecule has 0 radical (unpaired) electrons. The Balaban J connectivity index is 2.15. The standard InChI is InChI=1S/C21H17O2S/c1-2-23-15-8-7-9-16(14-15)24-19-12-5-3-10-17(19)21(22)18-11-4-6-13-20(18)24/h3-14H,2H2,1H3/q+1. The van der Waals surface area contributed by atoms with Gasteiger partial charge in [-0.2, -0.15) is 0 Å². The molecule has 0 fully saturated rings. The molecule has 0 aliphatic carbocycles. The zero-order chi connectivity index (χ0) is 16.5. The number of fused-ring (bicyclic) bond motifs is 2. The van der Waals surface area contributed by atoms with Crippen LogP contribution < -0.4 is 10.2 Å². The number of rotatable bonds is 3. The minimum Gasteiger partial charge on any atom is -0.494 e. The molecule has 0 amide bonds. The fourth-order valence-electron chi connectivity index (χ4n) is 3.04. The monoisotopic (exact) mass is 333 g/mol. The lowest BCUT2D eigenvalue weighted by molar-refractivity contribution is 0.340. The summed E-state index contributed by atoms with van der Waals surface area (Å²) in [6.07, 6.45) is 0. The molecule has 0 saturated carbocycles. The molecule has 0 saturated heterocycles. The van der Waals surface area contributed by atoms with Crippen molar-refractivity contribution in [3.05, 3.63) is 83.0 Å². The first-order valence-electron chi connectivity index (χ1n) is 7.99. The van der Waals surface area contributed by atoms with Gasteiger partial charge in [-0.1, -0.05) is 30.3 Å². The summed E-state index contributed by atoms with van der Waals surface area (Å²) in [4.78, 5) is 14.0. The minimum absolute atomic E-state index is 0.117. The van der Waals surface area contributed by atoms with E-state index in [1.165, 1.54) is 4.90 Å². The van der Waals surface area contributed by atoms with E-state index in [2.05, 4.69) is 24.3 Å². The van der Waals surface area contributed by atoms with E-state index >= 15 is 0 Å². The zero-order valence-corrected chi connectivity index (χ0v) is 14.2. The molecule has 1 aromatic heterocycles. The van der Waals surface area contributed by atoms with Gasteiger partial charge < -0.3 is 4.74 Å². The number of ether oxygens (including phenoxy) is 1. The van der Waals surface area contributed by atoms with Crippen LogP contribution in [0.25, 0.3) is 25.1 Å². The van der Waals surface area contributed by atoms with Crippen LogP contribution in [-0.4, -0.2) is 6.61 Å². The SMILES string of the molecule is CCOc1cccc(-[s+]2c3ccccc3c(=O)c3ccccc32)c1. The average molecular weight is 333 g/mol. The largest absolute Gasteiger partial charge is 0.494 e. The maximum Gasteiger partial charge on any atom is 0.203 e. The van der Waals surface area contributed by atoms with Gasteiger partial charge in [-0.05, 0) is 43.3 Å². The normalized spacial score (nSPS) is 11.0. The molecule has 118 valence electrons. The van der Waals surface area contributed by atoms with Crippen molar-refractivity contribution < 1.29 is 4.74 Å². The summed E-state index contributed by atoms with van der Waals surface area (Å²) in [5.74, 6) is 0.870. The average Bonchev–Trinajstić information content (AvgIpc) is 2.63. The first-order chi connectivity index (χ1) is 11.8. The Bertz CT molecular complexity index is 1040. The lowest BCUT2D eigenvalue weighted by Crippen LogP contribution is -2.01. The van der Waals surface area contributed by atoms with Crippen LogP contribution in [0.15, 0.2) is 77.6 Å². The number of hydrogen-bond acceptors (Lipinski definition) is 2. The Hall–Kier alpha value is -2.65. The van der Waals surface area contributed by atoms with E-state index in [4.69, 9.17) is 4.74 Å². The molecular formula is C21H17O2S+. The Labute approximate surface area is 142 Å². The first kappa shape index (κ1) is 14.9. The van der Waals surface area contributed by atoms with Crippen LogP contribution in [0, 0.1) is 0 Å². The predicted molar refractivity (Wildman–Crippen MR) is 103 cm³/mol. The second kappa shape index (κ2) is 6.10.